The average molecular weight is 179 g/mol. The molecule has 0 radical (unpaired) electrons. The van der Waals surface area contributed by atoms with Gasteiger partial charge in [0.25, 0.3) is 0 Å². The van der Waals surface area contributed by atoms with Gasteiger partial charge >= 0.3 is 0 Å². The van der Waals surface area contributed by atoms with Crippen LogP contribution in [0.5, 0.6) is 0 Å². The van der Waals surface area contributed by atoms with Gasteiger partial charge in [-0.15, -0.1) is 11.3 Å². The van der Waals surface area contributed by atoms with Gasteiger partial charge in [-0.1, -0.05) is 19.9 Å². The number of hydrogen-bond donors (Lipinski definition) is 0. The van der Waals surface area contributed by atoms with Crippen LogP contribution in [0.2, 0.25) is 0 Å². The zero-order valence-electron chi connectivity index (χ0n) is 8.16. The zero-order valence-corrected chi connectivity index (χ0v) is 7.98. The highest BCUT2D eigenvalue weighted by Gasteiger charge is 2.01. The van der Waals surface area contributed by atoms with Gasteiger partial charge in [0.2, 0.25) is 0 Å². The first kappa shape index (κ1) is 6.61. The van der Waals surface area contributed by atoms with Gasteiger partial charge in [-0.25, -0.2) is 4.98 Å². The van der Waals surface area contributed by atoms with Crippen molar-refractivity contribution in [2.24, 2.45) is 0 Å². The van der Waals surface area contributed by atoms with Gasteiger partial charge in [-0.05, 0) is 23.6 Å². The minimum Gasteiger partial charge on any atom is -0.245 e. The fraction of sp³-hybridized carbons (Fsp3) is 0.300. The average Bonchev–Trinajstić information content (AvgIpc) is 2.48. The molecular weight excluding hydrogens is 166 g/mol. The Bertz CT molecular complexity index is 433. The van der Waals surface area contributed by atoms with Crippen molar-refractivity contribution >= 4 is 21.6 Å². The highest BCUT2D eigenvalue weighted by Crippen LogP contribution is 2.23. The molecule has 1 aromatic carbocycles. The van der Waals surface area contributed by atoms with E-state index in [4.69, 9.17) is 1.37 Å². The van der Waals surface area contributed by atoms with E-state index in [1.807, 2.05) is 11.6 Å². The molecule has 0 N–H and O–H groups in total. The number of aromatic nitrogens is 1. The van der Waals surface area contributed by atoms with E-state index in [1.165, 1.54) is 4.70 Å². The smallest absolute Gasteiger partial charge is 0.0812 e. The van der Waals surface area contributed by atoms with Crippen LogP contribution in [0, 0.1) is 0 Å². The van der Waals surface area contributed by atoms with Crippen LogP contribution in [-0.2, 0) is 0 Å². The SMILES string of the molecule is [3H]c1cc2ncsc2cc1C(C)C. The molecule has 0 unspecified atom stereocenters. The first-order valence-electron chi connectivity index (χ1n) is 4.52. The molecule has 0 aliphatic heterocycles. The highest BCUT2D eigenvalue weighted by molar-refractivity contribution is 7.16. The Balaban J connectivity index is 2.69. The maximum atomic E-state index is 7.79. The molecule has 1 nitrogen and oxygen atoms in total. The van der Waals surface area contributed by atoms with E-state index in [2.05, 4.69) is 24.9 Å². The van der Waals surface area contributed by atoms with Crippen molar-refractivity contribution < 1.29 is 1.37 Å². The standard InChI is InChI=1S/C10H11NS/c1-7(2)8-3-4-9-10(5-8)12-6-11-9/h3-7H,1-2H3/i3T. The summed E-state index contributed by atoms with van der Waals surface area (Å²) >= 11 is 1.63. The van der Waals surface area contributed by atoms with Crippen LogP contribution in [0.1, 0.15) is 26.7 Å². The van der Waals surface area contributed by atoms with E-state index in [9.17, 15) is 0 Å². The Morgan fingerprint density at radius 2 is 2.42 bits per heavy atom. The molecule has 2 rings (SSSR count). The second-order valence-electron chi connectivity index (χ2n) is 3.14. The lowest BCUT2D eigenvalue weighted by Gasteiger charge is -2.03. The van der Waals surface area contributed by atoms with Crippen molar-refractivity contribution in [3.05, 3.63) is 29.2 Å². The van der Waals surface area contributed by atoms with E-state index in [0.29, 0.717) is 12.0 Å². The fourth-order valence-electron chi connectivity index (χ4n) is 1.15. The van der Waals surface area contributed by atoms with Gasteiger partial charge in [0.15, 0.2) is 0 Å². The van der Waals surface area contributed by atoms with Crippen LogP contribution >= 0.6 is 11.3 Å². The van der Waals surface area contributed by atoms with Crippen LogP contribution in [0.4, 0.5) is 0 Å². The topological polar surface area (TPSA) is 12.9 Å². The van der Waals surface area contributed by atoms with E-state index < -0.39 is 0 Å². The van der Waals surface area contributed by atoms with Gasteiger partial charge in [-0.2, -0.15) is 0 Å². The van der Waals surface area contributed by atoms with Crippen molar-refractivity contribution in [1.82, 2.24) is 4.98 Å². The summed E-state index contributed by atoms with van der Waals surface area (Å²) in [5.41, 5.74) is 3.88. The molecule has 1 heterocycles. The Hall–Kier alpha value is -0.890. The van der Waals surface area contributed by atoms with Crippen molar-refractivity contribution in [2.45, 2.75) is 19.8 Å². The summed E-state index contributed by atoms with van der Waals surface area (Å²) < 4.78 is 8.97. The van der Waals surface area contributed by atoms with Crippen LogP contribution in [0.25, 0.3) is 10.2 Å². The molecule has 0 atom stereocenters. The number of thiazole rings is 1. The molecule has 2 aromatic rings. The van der Waals surface area contributed by atoms with Gasteiger partial charge < -0.3 is 0 Å². The Morgan fingerprint density at radius 3 is 3.17 bits per heavy atom. The van der Waals surface area contributed by atoms with Crippen molar-refractivity contribution in [1.29, 1.82) is 0 Å². The zero-order chi connectivity index (χ0) is 9.42. The quantitative estimate of drug-likeness (QED) is 0.653. The summed E-state index contributed by atoms with van der Waals surface area (Å²) in [6.45, 7) is 4.22. The third-order valence-electron chi connectivity index (χ3n) is 1.91. The summed E-state index contributed by atoms with van der Waals surface area (Å²) in [5.74, 6) is 0.416. The van der Waals surface area contributed by atoms with Crippen molar-refractivity contribution in [2.75, 3.05) is 0 Å². The summed E-state index contributed by atoms with van der Waals surface area (Å²) in [7, 11) is 0. The Kier molecular flexibility index (Phi) is 1.58. The van der Waals surface area contributed by atoms with Gasteiger partial charge in [0.1, 0.15) is 0 Å². The predicted molar refractivity (Wildman–Crippen MR) is 53.7 cm³/mol. The van der Waals surface area contributed by atoms with Gasteiger partial charge in [-0.3, -0.25) is 0 Å². The molecule has 1 aromatic heterocycles. The first-order chi connectivity index (χ1) is 6.18. The number of rotatable bonds is 1. The van der Waals surface area contributed by atoms with Crippen LogP contribution < -0.4 is 0 Å². The molecule has 62 valence electrons. The van der Waals surface area contributed by atoms with Crippen LogP contribution in [-0.4, -0.2) is 4.98 Å². The largest absolute Gasteiger partial charge is 0.245 e. The van der Waals surface area contributed by atoms with E-state index >= 15 is 0 Å². The highest BCUT2D eigenvalue weighted by atomic mass is 32.1. The third kappa shape index (κ3) is 1.23. The monoisotopic (exact) mass is 179 g/mol. The lowest BCUT2D eigenvalue weighted by Crippen LogP contribution is -1.84. The lowest BCUT2D eigenvalue weighted by atomic mass is 10.0. The Labute approximate surface area is 77.5 Å². The van der Waals surface area contributed by atoms with E-state index in [1.54, 1.807) is 11.3 Å². The van der Waals surface area contributed by atoms with Crippen LogP contribution in [0.15, 0.2) is 23.7 Å². The number of benzene rings is 1. The number of fused-ring (bicyclic) bond motifs is 1. The summed E-state index contributed by atoms with van der Waals surface area (Å²) in [5, 5.41) is 0. The van der Waals surface area contributed by atoms with E-state index in [-0.39, 0.29) is 0 Å². The fourth-order valence-corrected chi connectivity index (χ4v) is 1.86. The van der Waals surface area contributed by atoms with Gasteiger partial charge in [0.05, 0.1) is 17.1 Å². The number of nitrogens with zero attached hydrogens (tertiary/aromatic N) is 1. The number of hydrogen-bond acceptors (Lipinski definition) is 2. The molecule has 0 aliphatic rings. The molecular formula is C10H11NS. The third-order valence-corrected chi connectivity index (χ3v) is 2.70. The predicted octanol–water partition coefficient (Wildman–Crippen LogP) is 3.42. The molecule has 0 saturated carbocycles. The molecule has 0 bridgehead atoms. The maximum absolute atomic E-state index is 7.79. The molecule has 0 spiro atoms. The lowest BCUT2D eigenvalue weighted by molar-refractivity contribution is 0.869. The molecule has 12 heavy (non-hydrogen) atoms. The van der Waals surface area contributed by atoms with Crippen molar-refractivity contribution in [3.8, 4) is 0 Å². The molecule has 0 saturated heterocycles. The van der Waals surface area contributed by atoms with Crippen LogP contribution in [0.3, 0.4) is 0 Å². The maximum Gasteiger partial charge on any atom is 0.0812 e. The summed E-state index contributed by atoms with van der Waals surface area (Å²) in [6.07, 6.45) is 0. The molecule has 2 heteroatoms. The molecule has 0 amide bonds. The molecule has 0 fully saturated rings. The van der Waals surface area contributed by atoms with Crippen molar-refractivity contribution in [3.63, 3.8) is 0 Å². The summed E-state index contributed by atoms with van der Waals surface area (Å²) in [6, 6.07) is 4.54. The normalized spacial score (nSPS) is 12.4. The second kappa shape index (κ2) is 2.87. The minimum absolute atomic E-state index is 0.416. The second-order valence-corrected chi connectivity index (χ2v) is 4.03. The first-order valence-corrected chi connectivity index (χ1v) is 4.90. The minimum atomic E-state index is 0.416. The summed E-state index contributed by atoms with van der Waals surface area (Å²) in [4.78, 5) is 4.18. The van der Waals surface area contributed by atoms with Gasteiger partial charge in [0, 0.05) is 0 Å². The molecule has 0 aliphatic carbocycles. The van der Waals surface area contributed by atoms with E-state index in [0.717, 1.165) is 11.1 Å². The Morgan fingerprint density at radius 1 is 1.58 bits per heavy atom.